The summed E-state index contributed by atoms with van der Waals surface area (Å²) in [5.41, 5.74) is 0.781. The molecule has 0 atom stereocenters. The van der Waals surface area contributed by atoms with Crippen LogP contribution in [0.3, 0.4) is 0 Å². The van der Waals surface area contributed by atoms with Gasteiger partial charge in [0.15, 0.2) is 5.78 Å². The lowest BCUT2D eigenvalue weighted by Crippen LogP contribution is -2.12. The number of hydrogen-bond acceptors (Lipinski definition) is 3. The normalized spacial score (nSPS) is 10.3. The van der Waals surface area contributed by atoms with Crippen molar-refractivity contribution in [3.63, 3.8) is 0 Å². The molecule has 0 aromatic carbocycles. The van der Waals surface area contributed by atoms with Gasteiger partial charge in [0.2, 0.25) is 0 Å². The van der Waals surface area contributed by atoms with Crippen molar-refractivity contribution in [1.29, 1.82) is 0 Å². The molecule has 0 amide bonds. The van der Waals surface area contributed by atoms with Crippen LogP contribution in [0.15, 0.2) is 22.8 Å². The fourth-order valence-corrected chi connectivity index (χ4v) is 1.33. The molecule has 4 heteroatoms. The molecule has 1 aromatic rings. The number of rotatable bonds is 6. The maximum Gasteiger partial charge on any atom is 0.164 e. The molecule has 1 heterocycles. The van der Waals surface area contributed by atoms with Crippen LogP contribution in [-0.4, -0.2) is 24.0 Å². The van der Waals surface area contributed by atoms with E-state index in [1.807, 2.05) is 19.1 Å². The molecule has 0 unspecified atom stereocenters. The predicted molar refractivity (Wildman–Crippen MR) is 61.8 cm³/mol. The Morgan fingerprint density at radius 1 is 1.53 bits per heavy atom. The molecule has 0 saturated carbocycles. The zero-order valence-corrected chi connectivity index (χ0v) is 10.3. The van der Waals surface area contributed by atoms with Crippen molar-refractivity contribution in [2.75, 3.05) is 13.2 Å². The number of Topliss-reactive ketones (excluding diaryl/α,β-unsaturated/α-hetero) is 1. The van der Waals surface area contributed by atoms with Crippen LogP contribution < -0.4 is 0 Å². The topological polar surface area (TPSA) is 39.2 Å². The summed E-state index contributed by atoms with van der Waals surface area (Å²) in [6.45, 7) is 2.84. The van der Waals surface area contributed by atoms with Gasteiger partial charge in [-0.25, -0.2) is 0 Å². The fourth-order valence-electron chi connectivity index (χ4n) is 1.09. The van der Waals surface area contributed by atoms with Crippen molar-refractivity contribution in [1.82, 2.24) is 4.98 Å². The second-order valence-corrected chi connectivity index (χ2v) is 4.15. The zero-order chi connectivity index (χ0) is 11.1. The third kappa shape index (κ3) is 5.04. The predicted octanol–water partition coefficient (Wildman–Crippen LogP) is 2.38. The van der Waals surface area contributed by atoms with Crippen LogP contribution in [0.1, 0.15) is 19.0 Å². The molecule has 0 N–H and O–H groups in total. The third-order valence-corrected chi connectivity index (χ3v) is 2.25. The van der Waals surface area contributed by atoms with E-state index in [-0.39, 0.29) is 12.4 Å². The maximum absolute atomic E-state index is 11.4. The Morgan fingerprint density at radius 2 is 2.33 bits per heavy atom. The molecule has 0 saturated heterocycles. The molecule has 82 valence electrons. The second-order valence-electron chi connectivity index (χ2n) is 3.24. The van der Waals surface area contributed by atoms with Crippen LogP contribution in [0.25, 0.3) is 0 Å². The maximum atomic E-state index is 11.4. The summed E-state index contributed by atoms with van der Waals surface area (Å²) in [5.74, 6) is 0.0678. The van der Waals surface area contributed by atoms with Gasteiger partial charge < -0.3 is 4.74 Å². The molecule has 0 aliphatic heterocycles. The highest BCUT2D eigenvalue weighted by Gasteiger charge is 2.04. The molecule has 0 spiro atoms. The first-order valence-electron chi connectivity index (χ1n) is 4.92. The Balaban J connectivity index is 2.34. The molecule has 15 heavy (non-hydrogen) atoms. The summed E-state index contributed by atoms with van der Waals surface area (Å²) in [6.07, 6.45) is 2.97. The monoisotopic (exact) mass is 271 g/mol. The summed E-state index contributed by atoms with van der Waals surface area (Å²) < 4.78 is 6.07. The van der Waals surface area contributed by atoms with Crippen molar-refractivity contribution in [3.05, 3.63) is 28.5 Å². The molecule has 1 rings (SSSR count). The average molecular weight is 272 g/mol. The Labute approximate surface area is 98.0 Å². The summed E-state index contributed by atoms with van der Waals surface area (Å²) in [5, 5.41) is 0. The smallest absolute Gasteiger partial charge is 0.164 e. The van der Waals surface area contributed by atoms with Crippen molar-refractivity contribution < 1.29 is 9.53 Å². The molecular formula is C11H14BrNO2. The number of carbonyl (C=O) groups excluding carboxylic acids is 1. The first kappa shape index (κ1) is 12.3. The van der Waals surface area contributed by atoms with Gasteiger partial charge in [-0.3, -0.25) is 9.78 Å². The number of hydrogen-bond donors (Lipinski definition) is 0. The average Bonchev–Trinajstić information content (AvgIpc) is 2.22. The number of ether oxygens (including phenoxy) is 1. The van der Waals surface area contributed by atoms with Crippen molar-refractivity contribution >= 4 is 21.7 Å². The number of halogens is 1. The van der Waals surface area contributed by atoms with Gasteiger partial charge in [-0.1, -0.05) is 6.92 Å². The Hall–Kier alpha value is -0.740. The Morgan fingerprint density at radius 3 is 2.93 bits per heavy atom. The second kappa shape index (κ2) is 6.69. The van der Waals surface area contributed by atoms with E-state index in [0.717, 1.165) is 16.6 Å². The van der Waals surface area contributed by atoms with Gasteiger partial charge in [-0.05, 0) is 34.5 Å². The summed E-state index contributed by atoms with van der Waals surface area (Å²) in [4.78, 5) is 15.5. The van der Waals surface area contributed by atoms with E-state index in [0.29, 0.717) is 13.0 Å². The lowest BCUT2D eigenvalue weighted by atomic mass is 10.2. The standard InChI is InChI=1S/C11H14BrNO2/c1-2-5-15-8-11(14)6-10-4-3-9(12)7-13-10/h3-4,7H,2,5-6,8H2,1H3. The molecule has 0 fully saturated rings. The number of aromatic nitrogens is 1. The first-order chi connectivity index (χ1) is 7.22. The van der Waals surface area contributed by atoms with Crippen molar-refractivity contribution in [2.45, 2.75) is 19.8 Å². The minimum atomic E-state index is 0.0678. The Bertz CT molecular complexity index is 311. The molecular weight excluding hydrogens is 258 g/mol. The quantitative estimate of drug-likeness (QED) is 0.746. The molecule has 1 aromatic heterocycles. The number of carbonyl (C=O) groups is 1. The van der Waals surface area contributed by atoms with Gasteiger partial charge in [-0.15, -0.1) is 0 Å². The fraction of sp³-hybridized carbons (Fsp3) is 0.455. The van der Waals surface area contributed by atoms with Crippen LogP contribution in [-0.2, 0) is 16.0 Å². The van der Waals surface area contributed by atoms with Crippen LogP contribution in [0.4, 0.5) is 0 Å². The van der Waals surface area contributed by atoms with E-state index in [9.17, 15) is 4.79 Å². The van der Waals surface area contributed by atoms with Crippen LogP contribution in [0, 0.1) is 0 Å². The SMILES string of the molecule is CCCOCC(=O)Cc1ccc(Br)cn1. The van der Waals surface area contributed by atoms with E-state index in [1.54, 1.807) is 6.20 Å². The molecule has 0 bridgehead atoms. The van der Waals surface area contributed by atoms with Crippen LogP contribution in [0.5, 0.6) is 0 Å². The molecule has 3 nitrogen and oxygen atoms in total. The molecule has 0 aliphatic rings. The van der Waals surface area contributed by atoms with E-state index >= 15 is 0 Å². The van der Waals surface area contributed by atoms with Gasteiger partial charge in [0, 0.05) is 23.0 Å². The third-order valence-electron chi connectivity index (χ3n) is 1.78. The molecule has 0 radical (unpaired) electrons. The van der Waals surface area contributed by atoms with Gasteiger partial charge in [-0.2, -0.15) is 0 Å². The molecule has 0 aliphatic carbocycles. The summed E-state index contributed by atoms with van der Waals surface area (Å²) in [7, 11) is 0. The highest BCUT2D eigenvalue weighted by Crippen LogP contribution is 2.07. The zero-order valence-electron chi connectivity index (χ0n) is 8.70. The summed E-state index contributed by atoms with van der Waals surface area (Å²) in [6, 6.07) is 3.71. The lowest BCUT2D eigenvalue weighted by Gasteiger charge is -2.01. The van der Waals surface area contributed by atoms with Gasteiger partial charge in [0.05, 0.1) is 6.42 Å². The van der Waals surface area contributed by atoms with E-state index in [4.69, 9.17) is 4.74 Å². The van der Waals surface area contributed by atoms with Crippen molar-refractivity contribution in [2.24, 2.45) is 0 Å². The Kier molecular flexibility index (Phi) is 5.50. The van der Waals surface area contributed by atoms with Gasteiger partial charge in [0.25, 0.3) is 0 Å². The van der Waals surface area contributed by atoms with Crippen LogP contribution >= 0.6 is 15.9 Å². The number of pyridine rings is 1. The van der Waals surface area contributed by atoms with Crippen LogP contribution in [0.2, 0.25) is 0 Å². The van der Waals surface area contributed by atoms with E-state index in [1.165, 1.54) is 0 Å². The highest BCUT2D eigenvalue weighted by atomic mass is 79.9. The van der Waals surface area contributed by atoms with Gasteiger partial charge >= 0.3 is 0 Å². The minimum absolute atomic E-state index is 0.0678. The number of nitrogens with zero attached hydrogens (tertiary/aromatic N) is 1. The largest absolute Gasteiger partial charge is 0.374 e. The summed E-state index contributed by atoms with van der Waals surface area (Å²) >= 11 is 3.29. The van der Waals surface area contributed by atoms with E-state index in [2.05, 4.69) is 20.9 Å². The van der Waals surface area contributed by atoms with Crippen molar-refractivity contribution in [3.8, 4) is 0 Å². The first-order valence-corrected chi connectivity index (χ1v) is 5.71. The highest BCUT2D eigenvalue weighted by molar-refractivity contribution is 9.10. The minimum Gasteiger partial charge on any atom is -0.374 e. The van der Waals surface area contributed by atoms with Gasteiger partial charge in [0.1, 0.15) is 6.61 Å². The van der Waals surface area contributed by atoms with E-state index < -0.39 is 0 Å². The number of ketones is 1. The lowest BCUT2D eigenvalue weighted by molar-refractivity contribution is -0.122.